The second-order valence-corrected chi connectivity index (χ2v) is 4.73. The summed E-state index contributed by atoms with van der Waals surface area (Å²) < 4.78 is 5.35. The number of amides is 2. The molecule has 4 N–H and O–H groups in total. The Kier molecular flexibility index (Phi) is 6.98. The number of primary amides is 1. The van der Waals surface area contributed by atoms with E-state index in [1.807, 2.05) is 0 Å². The largest absolute Gasteiger partial charge is 0.493 e. The summed E-state index contributed by atoms with van der Waals surface area (Å²) in [7, 11) is 0. The SMILES string of the molecule is Cl.NC(=O)CCOc1ccc(NC(=O)[C@@H]2CCCN2)cc1. The molecule has 0 aliphatic carbocycles. The number of nitrogens with two attached hydrogens (primary N) is 1. The second-order valence-electron chi connectivity index (χ2n) is 4.73. The number of ether oxygens (including phenoxy) is 1. The van der Waals surface area contributed by atoms with E-state index < -0.39 is 5.91 Å². The Labute approximate surface area is 129 Å². The van der Waals surface area contributed by atoms with Gasteiger partial charge in [-0.1, -0.05) is 0 Å². The smallest absolute Gasteiger partial charge is 0.241 e. The molecule has 1 fully saturated rings. The van der Waals surface area contributed by atoms with Gasteiger partial charge in [-0.05, 0) is 43.7 Å². The van der Waals surface area contributed by atoms with Crippen molar-refractivity contribution >= 4 is 29.9 Å². The van der Waals surface area contributed by atoms with Crippen LogP contribution in [-0.4, -0.2) is 31.0 Å². The van der Waals surface area contributed by atoms with Gasteiger partial charge < -0.3 is 21.1 Å². The molecule has 7 heteroatoms. The molecule has 0 spiro atoms. The minimum atomic E-state index is -0.391. The molecule has 0 bridgehead atoms. The first-order valence-corrected chi connectivity index (χ1v) is 6.70. The second kappa shape index (κ2) is 8.49. The summed E-state index contributed by atoms with van der Waals surface area (Å²) in [6.07, 6.45) is 2.09. The van der Waals surface area contributed by atoms with E-state index in [1.165, 1.54) is 0 Å². The molecule has 1 aliphatic rings. The van der Waals surface area contributed by atoms with Crippen LogP contribution in [0.15, 0.2) is 24.3 Å². The van der Waals surface area contributed by atoms with Crippen LogP contribution in [0.4, 0.5) is 5.69 Å². The Morgan fingerprint density at radius 2 is 2.05 bits per heavy atom. The van der Waals surface area contributed by atoms with E-state index >= 15 is 0 Å². The van der Waals surface area contributed by atoms with Gasteiger partial charge in [-0.15, -0.1) is 12.4 Å². The standard InChI is InChI=1S/C14H19N3O3.ClH/c15-13(18)7-9-20-11-5-3-10(4-6-11)17-14(19)12-2-1-8-16-12;/h3-6,12,16H,1-2,7-9H2,(H2,15,18)(H,17,19);1H/t12-;/m0./s1. The molecule has 2 rings (SSSR count). The molecular weight excluding hydrogens is 294 g/mol. The lowest BCUT2D eigenvalue weighted by Gasteiger charge is -2.11. The van der Waals surface area contributed by atoms with Gasteiger partial charge in [-0.2, -0.15) is 0 Å². The number of anilines is 1. The number of nitrogens with one attached hydrogen (secondary N) is 2. The van der Waals surface area contributed by atoms with Gasteiger partial charge in [0.2, 0.25) is 11.8 Å². The normalized spacial score (nSPS) is 16.9. The monoisotopic (exact) mass is 313 g/mol. The zero-order valence-corrected chi connectivity index (χ0v) is 12.4. The van der Waals surface area contributed by atoms with Crippen molar-refractivity contribution in [3.8, 4) is 5.75 Å². The average Bonchev–Trinajstić information content (AvgIpc) is 2.94. The Bertz CT molecular complexity index is 473. The van der Waals surface area contributed by atoms with Crippen molar-refractivity contribution in [1.29, 1.82) is 0 Å². The van der Waals surface area contributed by atoms with Crippen molar-refractivity contribution in [2.24, 2.45) is 5.73 Å². The van der Waals surface area contributed by atoms with E-state index in [1.54, 1.807) is 24.3 Å². The van der Waals surface area contributed by atoms with E-state index in [4.69, 9.17) is 10.5 Å². The van der Waals surface area contributed by atoms with Crippen molar-refractivity contribution in [3.05, 3.63) is 24.3 Å². The molecule has 0 aromatic heterocycles. The third-order valence-electron chi connectivity index (χ3n) is 3.12. The van der Waals surface area contributed by atoms with E-state index in [0.717, 1.165) is 25.1 Å². The van der Waals surface area contributed by atoms with Crippen molar-refractivity contribution in [2.75, 3.05) is 18.5 Å². The lowest BCUT2D eigenvalue weighted by Crippen LogP contribution is -2.35. The fraction of sp³-hybridized carbons (Fsp3) is 0.429. The molecule has 1 heterocycles. The van der Waals surface area contributed by atoms with E-state index in [2.05, 4.69) is 10.6 Å². The lowest BCUT2D eigenvalue weighted by atomic mass is 10.2. The zero-order valence-electron chi connectivity index (χ0n) is 11.6. The maximum atomic E-state index is 11.9. The van der Waals surface area contributed by atoms with Crippen molar-refractivity contribution in [1.82, 2.24) is 5.32 Å². The van der Waals surface area contributed by atoms with Crippen molar-refractivity contribution in [3.63, 3.8) is 0 Å². The van der Waals surface area contributed by atoms with Gasteiger partial charge in [-0.25, -0.2) is 0 Å². The fourth-order valence-electron chi connectivity index (χ4n) is 2.04. The van der Waals surface area contributed by atoms with Crippen LogP contribution in [0.5, 0.6) is 5.75 Å². The molecule has 1 aliphatic heterocycles. The molecule has 1 aromatic carbocycles. The average molecular weight is 314 g/mol. The first-order chi connectivity index (χ1) is 9.65. The predicted octanol–water partition coefficient (Wildman–Crippen LogP) is 1.05. The van der Waals surface area contributed by atoms with Crippen molar-refractivity contribution < 1.29 is 14.3 Å². The van der Waals surface area contributed by atoms with Gasteiger partial charge >= 0.3 is 0 Å². The number of benzene rings is 1. The summed E-state index contributed by atoms with van der Waals surface area (Å²) in [5, 5.41) is 6.00. The summed E-state index contributed by atoms with van der Waals surface area (Å²) in [6.45, 7) is 1.15. The van der Waals surface area contributed by atoms with Crippen LogP contribution in [0.2, 0.25) is 0 Å². The van der Waals surface area contributed by atoms with Crippen molar-refractivity contribution in [2.45, 2.75) is 25.3 Å². The molecule has 0 saturated carbocycles. The van der Waals surface area contributed by atoms with Crippen LogP contribution in [0.25, 0.3) is 0 Å². The maximum Gasteiger partial charge on any atom is 0.241 e. The van der Waals surface area contributed by atoms with Crippen LogP contribution in [0, 0.1) is 0 Å². The maximum absolute atomic E-state index is 11.9. The third kappa shape index (κ3) is 5.61. The van der Waals surface area contributed by atoms with Gasteiger partial charge in [0.25, 0.3) is 0 Å². The minimum absolute atomic E-state index is 0. The number of rotatable bonds is 6. The summed E-state index contributed by atoms with van der Waals surface area (Å²) >= 11 is 0. The lowest BCUT2D eigenvalue weighted by molar-refractivity contribution is -0.119. The predicted molar refractivity (Wildman–Crippen MR) is 82.7 cm³/mol. The third-order valence-corrected chi connectivity index (χ3v) is 3.12. The molecular formula is C14H20ClN3O3. The Balaban J connectivity index is 0.00000220. The van der Waals surface area contributed by atoms with Gasteiger partial charge in [0.05, 0.1) is 19.1 Å². The van der Waals surface area contributed by atoms with Gasteiger partial charge in [-0.3, -0.25) is 9.59 Å². The fourth-order valence-corrected chi connectivity index (χ4v) is 2.04. The van der Waals surface area contributed by atoms with E-state index in [-0.39, 0.29) is 37.4 Å². The first-order valence-electron chi connectivity index (χ1n) is 6.70. The highest BCUT2D eigenvalue weighted by Gasteiger charge is 2.21. The number of hydrogen-bond acceptors (Lipinski definition) is 4. The number of hydrogen-bond donors (Lipinski definition) is 3. The number of halogens is 1. The van der Waals surface area contributed by atoms with Gasteiger partial charge in [0.1, 0.15) is 5.75 Å². The van der Waals surface area contributed by atoms with Crippen LogP contribution < -0.4 is 21.1 Å². The number of carbonyl (C=O) groups is 2. The van der Waals surface area contributed by atoms with E-state index in [9.17, 15) is 9.59 Å². The van der Waals surface area contributed by atoms with Crippen LogP contribution in [-0.2, 0) is 9.59 Å². The topological polar surface area (TPSA) is 93.5 Å². The minimum Gasteiger partial charge on any atom is -0.493 e. The van der Waals surface area contributed by atoms with Crippen LogP contribution >= 0.6 is 12.4 Å². The Morgan fingerprint density at radius 1 is 1.33 bits per heavy atom. The highest BCUT2D eigenvalue weighted by molar-refractivity contribution is 5.95. The number of carbonyl (C=O) groups excluding carboxylic acids is 2. The summed E-state index contributed by atoms with van der Waals surface area (Å²) in [6, 6.07) is 6.94. The molecule has 1 aromatic rings. The van der Waals surface area contributed by atoms with E-state index in [0.29, 0.717) is 5.75 Å². The van der Waals surface area contributed by atoms with Gasteiger partial charge in [0, 0.05) is 5.69 Å². The molecule has 1 atom stereocenters. The zero-order chi connectivity index (χ0) is 14.4. The molecule has 0 radical (unpaired) electrons. The summed E-state index contributed by atoms with van der Waals surface area (Å²) in [5.41, 5.74) is 5.75. The Morgan fingerprint density at radius 3 is 2.62 bits per heavy atom. The molecule has 2 amide bonds. The quantitative estimate of drug-likeness (QED) is 0.732. The molecule has 116 valence electrons. The molecule has 6 nitrogen and oxygen atoms in total. The van der Waals surface area contributed by atoms with Crippen LogP contribution in [0.3, 0.4) is 0 Å². The molecule has 21 heavy (non-hydrogen) atoms. The summed E-state index contributed by atoms with van der Waals surface area (Å²) in [4.78, 5) is 22.5. The highest BCUT2D eigenvalue weighted by atomic mass is 35.5. The first kappa shape index (κ1) is 17.3. The molecule has 1 saturated heterocycles. The van der Waals surface area contributed by atoms with Crippen LogP contribution in [0.1, 0.15) is 19.3 Å². The van der Waals surface area contributed by atoms with Gasteiger partial charge in [0.15, 0.2) is 0 Å². The highest BCUT2D eigenvalue weighted by Crippen LogP contribution is 2.17. The Hall–Kier alpha value is -1.79. The molecule has 0 unspecified atom stereocenters. The summed E-state index contributed by atoms with van der Waals surface area (Å²) in [5.74, 6) is 0.242.